The zero-order valence-corrected chi connectivity index (χ0v) is 13.7. The van der Waals surface area contributed by atoms with Gasteiger partial charge in [0.25, 0.3) is 5.91 Å². The van der Waals surface area contributed by atoms with Gasteiger partial charge in [-0.3, -0.25) is 9.48 Å². The van der Waals surface area contributed by atoms with E-state index >= 15 is 0 Å². The predicted octanol–water partition coefficient (Wildman–Crippen LogP) is 1.68. The Morgan fingerprint density at radius 3 is 2.09 bits per heavy atom. The molecule has 0 saturated heterocycles. The van der Waals surface area contributed by atoms with Crippen LogP contribution >= 0.6 is 0 Å². The molecule has 0 spiro atoms. The van der Waals surface area contributed by atoms with E-state index in [1.165, 1.54) is 11.1 Å². The molecule has 1 aromatic heterocycles. The van der Waals surface area contributed by atoms with Crippen LogP contribution in [0.3, 0.4) is 0 Å². The Balaban J connectivity index is 1.81. The molecule has 0 fully saturated rings. The van der Waals surface area contributed by atoms with E-state index in [1.54, 1.807) is 31.3 Å². The lowest BCUT2D eigenvalue weighted by Gasteiger charge is -2.19. The molecule has 2 heterocycles. The second-order valence-electron chi connectivity index (χ2n) is 5.67. The first-order valence-electron chi connectivity index (χ1n) is 7.64. The molecule has 1 aliphatic heterocycles. The SMILES string of the molecule is COc1cc2c(cc1OC)CCN(C(=O)c1cnn(C)c1)CC2. The molecule has 1 aromatic carbocycles. The van der Waals surface area contributed by atoms with Crippen molar-refractivity contribution in [1.82, 2.24) is 14.7 Å². The molecular formula is C17H21N3O3. The summed E-state index contributed by atoms with van der Waals surface area (Å²) >= 11 is 0. The molecule has 0 unspecified atom stereocenters. The number of carbonyl (C=O) groups is 1. The fourth-order valence-electron chi connectivity index (χ4n) is 2.97. The van der Waals surface area contributed by atoms with Crippen LogP contribution in [0.2, 0.25) is 0 Å². The van der Waals surface area contributed by atoms with E-state index in [2.05, 4.69) is 5.10 Å². The predicted molar refractivity (Wildman–Crippen MR) is 86.1 cm³/mol. The van der Waals surface area contributed by atoms with Crippen LogP contribution in [0.25, 0.3) is 0 Å². The maximum Gasteiger partial charge on any atom is 0.257 e. The summed E-state index contributed by atoms with van der Waals surface area (Å²) < 4.78 is 12.4. The summed E-state index contributed by atoms with van der Waals surface area (Å²) in [5, 5.41) is 4.08. The topological polar surface area (TPSA) is 56.6 Å². The first-order valence-corrected chi connectivity index (χ1v) is 7.64. The number of hydrogen-bond donors (Lipinski definition) is 0. The van der Waals surface area contributed by atoms with Gasteiger partial charge in [-0.25, -0.2) is 0 Å². The van der Waals surface area contributed by atoms with Crippen molar-refractivity contribution in [2.75, 3.05) is 27.3 Å². The van der Waals surface area contributed by atoms with Gasteiger partial charge < -0.3 is 14.4 Å². The molecule has 3 rings (SSSR count). The fraction of sp³-hybridized carbons (Fsp3) is 0.412. The van der Waals surface area contributed by atoms with Crippen LogP contribution in [0.15, 0.2) is 24.5 Å². The quantitative estimate of drug-likeness (QED) is 0.865. The highest BCUT2D eigenvalue weighted by Crippen LogP contribution is 2.32. The van der Waals surface area contributed by atoms with Crippen LogP contribution in [0.1, 0.15) is 21.5 Å². The van der Waals surface area contributed by atoms with E-state index in [0.29, 0.717) is 18.7 Å². The van der Waals surface area contributed by atoms with Crippen molar-refractivity contribution >= 4 is 5.91 Å². The minimum absolute atomic E-state index is 0.0323. The molecule has 1 aliphatic rings. The van der Waals surface area contributed by atoms with Gasteiger partial charge in [-0.1, -0.05) is 0 Å². The smallest absolute Gasteiger partial charge is 0.257 e. The lowest BCUT2D eigenvalue weighted by molar-refractivity contribution is 0.0763. The van der Waals surface area contributed by atoms with Crippen LogP contribution in [0.5, 0.6) is 11.5 Å². The monoisotopic (exact) mass is 315 g/mol. The second kappa shape index (κ2) is 6.32. The molecule has 122 valence electrons. The van der Waals surface area contributed by atoms with Gasteiger partial charge in [0.15, 0.2) is 11.5 Å². The minimum atomic E-state index is 0.0323. The third-order valence-corrected chi connectivity index (χ3v) is 4.25. The third kappa shape index (κ3) is 3.02. The standard InChI is InChI=1S/C17H21N3O3/c1-19-11-14(10-18-19)17(21)20-6-4-12-8-15(22-2)16(23-3)9-13(12)5-7-20/h8-11H,4-7H2,1-3H3. The van der Waals surface area contributed by atoms with Gasteiger partial charge in [-0.2, -0.15) is 5.10 Å². The first kappa shape index (κ1) is 15.4. The lowest BCUT2D eigenvalue weighted by Crippen LogP contribution is -2.33. The molecule has 0 aliphatic carbocycles. The second-order valence-corrected chi connectivity index (χ2v) is 5.67. The van der Waals surface area contributed by atoms with Gasteiger partial charge >= 0.3 is 0 Å². The number of amides is 1. The number of aromatic nitrogens is 2. The summed E-state index contributed by atoms with van der Waals surface area (Å²) in [6.07, 6.45) is 4.99. The molecule has 0 saturated carbocycles. The van der Waals surface area contributed by atoms with Crippen molar-refractivity contribution in [1.29, 1.82) is 0 Å². The van der Waals surface area contributed by atoms with E-state index in [4.69, 9.17) is 9.47 Å². The van der Waals surface area contributed by atoms with Gasteiger partial charge in [0.05, 0.1) is 26.0 Å². The normalized spacial score (nSPS) is 14.1. The Morgan fingerprint density at radius 2 is 1.65 bits per heavy atom. The van der Waals surface area contributed by atoms with E-state index in [-0.39, 0.29) is 5.91 Å². The van der Waals surface area contributed by atoms with Crippen LogP contribution in [-0.2, 0) is 19.9 Å². The minimum Gasteiger partial charge on any atom is -0.493 e. The van der Waals surface area contributed by atoms with Crippen molar-refractivity contribution in [3.8, 4) is 11.5 Å². The molecular weight excluding hydrogens is 294 g/mol. The number of fused-ring (bicyclic) bond motifs is 1. The van der Waals surface area contributed by atoms with Crippen LogP contribution in [0.4, 0.5) is 0 Å². The summed E-state index contributed by atoms with van der Waals surface area (Å²) in [6, 6.07) is 4.04. The highest BCUT2D eigenvalue weighted by atomic mass is 16.5. The number of rotatable bonds is 3. The molecule has 1 amide bonds. The maximum absolute atomic E-state index is 12.6. The van der Waals surface area contributed by atoms with Gasteiger partial charge in [0.1, 0.15) is 0 Å². The molecule has 6 nitrogen and oxygen atoms in total. The Hall–Kier alpha value is -2.50. The van der Waals surface area contributed by atoms with Gasteiger partial charge in [0.2, 0.25) is 0 Å². The van der Waals surface area contributed by atoms with Crippen molar-refractivity contribution in [2.24, 2.45) is 7.05 Å². The summed E-state index contributed by atoms with van der Waals surface area (Å²) in [4.78, 5) is 14.5. The third-order valence-electron chi connectivity index (χ3n) is 4.25. The maximum atomic E-state index is 12.6. The van der Waals surface area contributed by atoms with E-state index in [9.17, 15) is 4.79 Å². The molecule has 6 heteroatoms. The lowest BCUT2D eigenvalue weighted by atomic mass is 10.0. The average Bonchev–Trinajstić information content (AvgIpc) is 2.89. The summed E-state index contributed by atoms with van der Waals surface area (Å²) in [5.74, 6) is 1.50. The number of carbonyl (C=O) groups excluding carboxylic acids is 1. The summed E-state index contributed by atoms with van der Waals surface area (Å²) in [5.41, 5.74) is 3.06. The average molecular weight is 315 g/mol. The number of nitrogens with zero attached hydrogens (tertiary/aromatic N) is 3. The van der Waals surface area contributed by atoms with E-state index < -0.39 is 0 Å². The Bertz CT molecular complexity index is 689. The molecule has 0 bridgehead atoms. The summed E-state index contributed by atoms with van der Waals surface area (Å²) in [7, 11) is 5.09. The van der Waals surface area contributed by atoms with E-state index in [1.807, 2.05) is 24.1 Å². The number of hydrogen-bond acceptors (Lipinski definition) is 4. The van der Waals surface area contributed by atoms with Gasteiger partial charge in [0, 0.05) is 26.3 Å². The number of aryl methyl sites for hydroxylation is 1. The Kier molecular flexibility index (Phi) is 4.23. The van der Waals surface area contributed by atoms with Gasteiger partial charge in [-0.15, -0.1) is 0 Å². The molecule has 23 heavy (non-hydrogen) atoms. The van der Waals surface area contributed by atoms with Gasteiger partial charge in [-0.05, 0) is 36.1 Å². The molecule has 0 atom stereocenters. The first-order chi connectivity index (χ1) is 11.1. The highest BCUT2D eigenvalue weighted by molar-refractivity contribution is 5.93. The van der Waals surface area contributed by atoms with E-state index in [0.717, 1.165) is 24.3 Å². The Labute approximate surface area is 135 Å². The van der Waals surface area contributed by atoms with Crippen LogP contribution < -0.4 is 9.47 Å². The largest absolute Gasteiger partial charge is 0.493 e. The van der Waals surface area contributed by atoms with Crippen molar-refractivity contribution in [3.63, 3.8) is 0 Å². The zero-order chi connectivity index (χ0) is 16.4. The number of methoxy groups -OCH3 is 2. The van der Waals surface area contributed by atoms with Crippen LogP contribution in [-0.4, -0.2) is 47.9 Å². The molecule has 2 aromatic rings. The summed E-state index contributed by atoms with van der Waals surface area (Å²) in [6.45, 7) is 1.38. The van der Waals surface area contributed by atoms with Crippen LogP contribution in [0, 0.1) is 0 Å². The van der Waals surface area contributed by atoms with Crippen molar-refractivity contribution in [3.05, 3.63) is 41.2 Å². The van der Waals surface area contributed by atoms with Crippen molar-refractivity contribution in [2.45, 2.75) is 12.8 Å². The van der Waals surface area contributed by atoms with Crippen molar-refractivity contribution < 1.29 is 14.3 Å². The molecule has 0 N–H and O–H groups in total. The number of benzene rings is 1. The zero-order valence-electron chi connectivity index (χ0n) is 13.7. The number of ether oxygens (including phenoxy) is 2. The molecule has 0 radical (unpaired) electrons. The Morgan fingerprint density at radius 1 is 1.09 bits per heavy atom. The fourth-order valence-corrected chi connectivity index (χ4v) is 2.97. The highest BCUT2D eigenvalue weighted by Gasteiger charge is 2.22.